The van der Waals surface area contributed by atoms with Crippen LogP contribution in [0.2, 0.25) is 5.02 Å². The van der Waals surface area contributed by atoms with Gasteiger partial charge in [0.15, 0.2) is 0 Å². The minimum Gasteiger partial charge on any atom is -0.381 e. The van der Waals surface area contributed by atoms with Crippen molar-refractivity contribution in [1.29, 1.82) is 0 Å². The summed E-state index contributed by atoms with van der Waals surface area (Å²) in [6.45, 7) is 3.18. The van der Waals surface area contributed by atoms with Gasteiger partial charge in [-0.05, 0) is 24.0 Å². The van der Waals surface area contributed by atoms with E-state index in [9.17, 15) is 4.39 Å². The Balaban J connectivity index is 1.82. The van der Waals surface area contributed by atoms with E-state index in [2.05, 4.69) is 5.32 Å². The van der Waals surface area contributed by atoms with E-state index in [0.29, 0.717) is 12.5 Å². The Morgan fingerprint density at radius 1 is 1.50 bits per heavy atom. The highest BCUT2D eigenvalue weighted by Gasteiger charge is 2.15. The van der Waals surface area contributed by atoms with Gasteiger partial charge in [0.2, 0.25) is 0 Å². The van der Waals surface area contributed by atoms with Gasteiger partial charge in [0.1, 0.15) is 5.82 Å². The van der Waals surface area contributed by atoms with Crippen molar-refractivity contribution in [2.75, 3.05) is 19.8 Å². The van der Waals surface area contributed by atoms with Crippen LogP contribution in [0, 0.1) is 11.7 Å². The smallest absolute Gasteiger partial charge is 0.142 e. The third-order valence-corrected chi connectivity index (χ3v) is 3.23. The number of benzene rings is 1. The van der Waals surface area contributed by atoms with E-state index in [1.54, 1.807) is 6.07 Å². The summed E-state index contributed by atoms with van der Waals surface area (Å²) in [6, 6.07) is 4.89. The maximum Gasteiger partial charge on any atom is 0.142 e. The van der Waals surface area contributed by atoms with Crippen LogP contribution in [0.15, 0.2) is 18.2 Å². The minimum absolute atomic E-state index is 0.220. The first kappa shape index (κ1) is 11.8. The van der Waals surface area contributed by atoms with Crippen molar-refractivity contribution in [1.82, 2.24) is 5.32 Å². The van der Waals surface area contributed by atoms with E-state index in [4.69, 9.17) is 16.3 Å². The Kier molecular flexibility index (Phi) is 4.16. The standard InChI is InChI=1S/C12H15ClFNO/c13-12-10(2-1-3-11(12)14)7-15-6-9-4-5-16-8-9/h1-3,9,15H,4-8H2. The summed E-state index contributed by atoms with van der Waals surface area (Å²) >= 11 is 5.85. The van der Waals surface area contributed by atoms with Gasteiger partial charge in [-0.25, -0.2) is 4.39 Å². The summed E-state index contributed by atoms with van der Waals surface area (Å²) in [5, 5.41) is 3.50. The summed E-state index contributed by atoms with van der Waals surface area (Å²) in [4.78, 5) is 0. The molecule has 0 radical (unpaired) electrons. The zero-order chi connectivity index (χ0) is 11.4. The summed E-state index contributed by atoms with van der Waals surface area (Å²) in [5.74, 6) is 0.220. The Hall–Kier alpha value is -0.640. The predicted octanol–water partition coefficient (Wildman–Crippen LogP) is 2.61. The molecule has 0 amide bonds. The molecule has 0 spiro atoms. The summed E-state index contributed by atoms with van der Waals surface area (Å²) in [5.41, 5.74) is 0.806. The molecule has 1 fully saturated rings. The van der Waals surface area contributed by atoms with Crippen molar-refractivity contribution in [2.45, 2.75) is 13.0 Å². The summed E-state index contributed by atoms with van der Waals surface area (Å²) in [7, 11) is 0. The fourth-order valence-electron chi connectivity index (χ4n) is 1.84. The average Bonchev–Trinajstić information content (AvgIpc) is 2.77. The van der Waals surface area contributed by atoms with Crippen molar-refractivity contribution in [3.63, 3.8) is 0 Å². The van der Waals surface area contributed by atoms with Gasteiger partial charge >= 0.3 is 0 Å². The van der Waals surface area contributed by atoms with E-state index < -0.39 is 0 Å². The molecule has 1 aliphatic rings. The van der Waals surface area contributed by atoms with Crippen molar-refractivity contribution < 1.29 is 9.13 Å². The van der Waals surface area contributed by atoms with Crippen LogP contribution in [0.25, 0.3) is 0 Å². The molecule has 1 N–H and O–H groups in total. The number of halogens is 2. The van der Waals surface area contributed by atoms with Crippen molar-refractivity contribution >= 4 is 11.6 Å². The molecular formula is C12H15ClFNO. The minimum atomic E-state index is -0.356. The maximum atomic E-state index is 13.1. The fourth-order valence-corrected chi connectivity index (χ4v) is 2.03. The Bertz CT molecular complexity index is 353. The van der Waals surface area contributed by atoms with Gasteiger partial charge in [-0.3, -0.25) is 0 Å². The first-order chi connectivity index (χ1) is 7.77. The Labute approximate surface area is 99.7 Å². The van der Waals surface area contributed by atoms with E-state index in [0.717, 1.165) is 31.7 Å². The molecule has 4 heteroatoms. The van der Waals surface area contributed by atoms with Crippen LogP contribution in [-0.4, -0.2) is 19.8 Å². The van der Waals surface area contributed by atoms with Gasteiger partial charge in [0.25, 0.3) is 0 Å². The molecule has 2 rings (SSSR count). The summed E-state index contributed by atoms with van der Waals surface area (Å²) in [6.07, 6.45) is 1.10. The zero-order valence-electron chi connectivity index (χ0n) is 9.01. The quantitative estimate of drug-likeness (QED) is 0.878. The van der Waals surface area contributed by atoms with Crippen molar-refractivity contribution in [2.24, 2.45) is 5.92 Å². The number of hydrogen-bond donors (Lipinski definition) is 1. The molecule has 1 saturated heterocycles. The second kappa shape index (κ2) is 5.62. The zero-order valence-corrected chi connectivity index (χ0v) is 9.77. The maximum absolute atomic E-state index is 13.1. The molecule has 2 nitrogen and oxygen atoms in total. The van der Waals surface area contributed by atoms with E-state index >= 15 is 0 Å². The number of nitrogens with one attached hydrogen (secondary N) is 1. The lowest BCUT2D eigenvalue weighted by molar-refractivity contribution is 0.185. The molecule has 0 aromatic heterocycles. The molecule has 1 aromatic carbocycles. The van der Waals surface area contributed by atoms with Crippen LogP contribution in [-0.2, 0) is 11.3 Å². The number of ether oxygens (including phenoxy) is 1. The average molecular weight is 244 g/mol. The van der Waals surface area contributed by atoms with Gasteiger partial charge in [-0.1, -0.05) is 23.7 Å². The predicted molar refractivity (Wildman–Crippen MR) is 62.0 cm³/mol. The highest BCUT2D eigenvalue weighted by atomic mass is 35.5. The fraction of sp³-hybridized carbons (Fsp3) is 0.500. The molecular weight excluding hydrogens is 229 g/mol. The van der Waals surface area contributed by atoms with Crippen LogP contribution in [0.3, 0.4) is 0 Å². The van der Waals surface area contributed by atoms with Crippen molar-refractivity contribution in [3.8, 4) is 0 Å². The lowest BCUT2D eigenvalue weighted by atomic mass is 10.1. The van der Waals surface area contributed by atoms with Crippen LogP contribution in [0.1, 0.15) is 12.0 Å². The van der Waals surface area contributed by atoms with E-state index in [1.807, 2.05) is 6.07 Å². The molecule has 0 aliphatic carbocycles. The molecule has 0 bridgehead atoms. The molecule has 1 aromatic rings. The van der Waals surface area contributed by atoms with E-state index in [1.165, 1.54) is 6.07 Å². The van der Waals surface area contributed by atoms with Gasteiger partial charge in [-0.15, -0.1) is 0 Å². The largest absolute Gasteiger partial charge is 0.381 e. The lowest BCUT2D eigenvalue weighted by Crippen LogP contribution is -2.22. The third-order valence-electron chi connectivity index (χ3n) is 2.80. The van der Waals surface area contributed by atoms with Gasteiger partial charge in [0.05, 0.1) is 11.6 Å². The SMILES string of the molecule is Fc1cccc(CNCC2CCOC2)c1Cl. The van der Waals surface area contributed by atoms with Crippen LogP contribution >= 0.6 is 11.6 Å². The molecule has 1 heterocycles. The van der Waals surface area contributed by atoms with E-state index in [-0.39, 0.29) is 10.8 Å². The Morgan fingerprint density at radius 2 is 2.38 bits per heavy atom. The topological polar surface area (TPSA) is 21.3 Å². The molecule has 16 heavy (non-hydrogen) atoms. The van der Waals surface area contributed by atoms with Gasteiger partial charge < -0.3 is 10.1 Å². The highest BCUT2D eigenvalue weighted by Crippen LogP contribution is 2.19. The van der Waals surface area contributed by atoms with Crippen LogP contribution < -0.4 is 5.32 Å². The molecule has 0 saturated carbocycles. The molecule has 1 atom stereocenters. The Morgan fingerprint density at radius 3 is 3.12 bits per heavy atom. The van der Waals surface area contributed by atoms with Crippen molar-refractivity contribution in [3.05, 3.63) is 34.6 Å². The summed E-state index contributed by atoms with van der Waals surface area (Å²) < 4.78 is 18.4. The van der Waals surface area contributed by atoms with Crippen LogP contribution in [0.4, 0.5) is 4.39 Å². The molecule has 1 unspecified atom stereocenters. The van der Waals surface area contributed by atoms with Gasteiger partial charge in [0, 0.05) is 19.7 Å². The second-order valence-corrected chi connectivity index (χ2v) is 4.45. The number of hydrogen-bond acceptors (Lipinski definition) is 2. The second-order valence-electron chi connectivity index (χ2n) is 4.07. The number of rotatable bonds is 4. The highest BCUT2D eigenvalue weighted by molar-refractivity contribution is 6.31. The third kappa shape index (κ3) is 2.94. The van der Waals surface area contributed by atoms with Gasteiger partial charge in [-0.2, -0.15) is 0 Å². The normalized spacial score (nSPS) is 20.2. The lowest BCUT2D eigenvalue weighted by Gasteiger charge is -2.10. The van der Waals surface area contributed by atoms with Crippen LogP contribution in [0.5, 0.6) is 0 Å². The molecule has 1 aliphatic heterocycles. The first-order valence-corrected chi connectivity index (χ1v) is 5.86. The monoisotopic (exact) mass is 243 g/mol. The first-order valence-electron chi connectivity index (χ1n) is 5.48. The molecule has 88 valence electrons.